The number of anilines is 1. The average Bonchev–Trinajstić information content (AvgIpc) is 2.82. The van der Waals surface area contributed by atoms with E-state index in [0.29, 0.717) is 36.9 Å². The van der Waals surface area contributed by atoms with Crippen LogP contribution < -0.4 is 10.5 Å². The van der Waals surface area contributed by atoms with Crippen molar-refractivity contribution < 1.29 is 35.5 Å². The first-order valence-electron chi connectivity index (χ1n) is 10.8. The smallest absolute Gasteiger partial charge is 0.294 e. The van der Waals surface area contributed by atoms with Crippen LogP contribution in [0.2, 0.25) is 5.02 Å². The van der Waals surface area contributed by atoms with Gasteiger partial charge in [-0.2, -0.15) is 16.8 Å². The van der Waals surface area contributed by atoms with Crippen LogP contribution in [0.1, 0.15) is 5.56 Å². The molecule has 0 aromatic heterocycles. The molecule has 11 nitrogen and oxygen atoms in total. The minimum atomic E-state index is -4.71. The van der Waals surface area contributed by atoms with Gasteiger partial charge in [0, 0.05) is 48.3 Å². The topological polar surface area (TPSA) is 168 Å². The Bertz CT molecular complexity index is 1610. The van der Waals surface area contributed by atoms with E-state index in [1.807, 2.05) is 23.0 Å². The number of nitrogens with zero attached hydrogens (tertiary/aromatic N) is 2. The number of hydrogen-bond acceptors (Lipinski definition) is 9. The molecule has 0 aliphatic carbocycles. The van der Waals surface area contributed by atoms with E-state index >= 15 is 0 Å². The molecule has 1 saturated heterocycles. The third-order valence-corrected chi connectivity index (χ3v) is 7.76. The largest absolute Gasteiger partial charge is 0.472 e. The normalized spacial score (nSPS) is 15.1. The zero-order valence-electron chi connectivity index (χ0n) is 19.2. The molecule has 0 saturated carbocycles. The number of carbonyl (C=O) groups excluding carboxylic acids is 1. The van der Waals surface area contributed by atoms with Crippen LogP contribution in [0.3, 0.4) is 0 Å². The zero-order valence-corrected chi connectivity index (χ0v) is 21.6. The maximum atomic E-state index is 11.8. The van der Waals surface area contributed by atoms with Gasteiger partial charge in [-0.15, -0.1) is 0 Å². The van der Waals surface area contributed by atoms with Crippen molar-refractivity contribution in [1.82, 2.24) is 9.80 Å². The number of piperazine rings is 1. The van der Waals surface area contributed by atoms with Gasteiger partial charge in [0.1, 0.15) is 17.4 Å². The second-order valence-corrected chi connectivity index (χ2v) is 11.7. The van der Waals surface area contributed by atoms with Gasteiger partial charge in [-0.3, -0.25) is 14.0 Å². The van der Waals surface area contributed by atoms with Gasteiger partial charge < -0.3 is 15.4 Å². The van der Waals surface area contributed by atoms with Crippen LogP contribution in [0.5, 0.6) is 5.75 Å². The van der Waals surface area contributed by atoms with E-state index < -0.39 is 30.0 Å². The monoisotopic (exact) mass is 567 g/mol. The van der Waals surface area contributed by atoms with Crippen molar-refractivity contribution in [1.29, 1.82) is 0 Å². The Balaban J connectivity index is 1.59. The lowest BCUT2D eigenvalue weighted by molar-refractivity contribution is 0.102. The van der Waals surface area contributed by atoms with Gasteiger partial charge in [0.15, 0.2) is 6.73 Å². The second kappa shape index (κ2) is 10.3. The zero-order chi connectivity index (χ0) is 27.0. The lowest BCUT2D eigenvalue weighted by Crippen LogP contribution is -2.45. The molecule has 1 aliphatic rings. The van der Waals surface area contributed by atoms with Crippen molar-refractivity contribution in [3.8, 4) is 5.75 Å². The molecule has 1 fully saturated rings. The highest BCUT2D eigenvalue weighted by Crippen LogP contribution is 2.36. The molecule has 1 heterocycles. The number of nitrogen functional groups attached to an aromatic ring is 1. The number of hydrogen-bond donors (Lipinski definition) is 3. The van der Waals surface area contributed by atoms with Crippen LogP contribution in [0.25, 0.3) is 10.8 Å². The summed E-state index contributed by atoms with van der Waals surface area (Å²) in [6.07, 6.45) is 0. The molecule has 196 valence electrons. The van der Waals surface area contributed by atoms with Crippen molar-refractivity contribution >= 4 is 54.2 Å². The SMILES string of the molecule is Nc1cc(S(=O)(=O)O)cc2cc(S(=O)(=O)O)cc(OCN3CCN(Cc4ccc(Cl)cc4)CC3=C=O)c12. The maximum Gasteiger partial charge on any atom is 0.294 e. The molecular formula is C23H22ClN3O8S2. The molecule has 0 atom stereocenters. The molecule has 4 rings (SSSR count). The van der Waals surface area contributed by atoms with Crippen molar-refractivity contribution in [3.05, 3.63) is 64.8 Å². The van der Waals surface area contributed by atoms with E-state index in [9.17, 15) is 30.7 Å². The van der Waals surface area contributed by atoms with Crippen LogP contribution in [0, 0.1) is 0 Å². The predicted octanol–water partition coefficient (Wildman–Crippen LogP) is 2.44. The first kappa shape index (κ1) is 26.9. The summed E-state index contributed by atoms with van der Waals surface area (Å²) >= 11 is 5.93. The van der Waals surface area contributed by atoms with E-state index in [1.165, 1.54) is 0 Å². The summed E-state index contributed by atoms with van der Waals surface area (Å²) in [4.78, 5) is 14.2. The fraction of sp³-hybridized carbons (Fsp3) is 0.217. The van der Waals surface area contributed by atoms with Crippen LogP contribution in [-0.2, 0) is 31.6 Å². The van der Waals surface area contributed by atoms with Crippen molar-refractivity contribution in [2.45, 2.75) is 16.3 Å². The molecular weight excluding hydrogens is 546 g/mol. The minimum absolute atomic E-state index is 0.00307. The highest BCUT2D eigenvalue weighted by atomic mass is 35.5. The highest BCUT2D eigenvalue weighted by molar-refractivity contribution is 7.86. The third-order valence-electron chi connectivity index (χ3n) is 5.84. The summed E-state index contributed by atoms with van der Waals surface area (Å²) in [6.45, 7) is 1.69. The van der Waals surface area contributed by atoms with Gasteiger partial charge in [0.2, 0.25) is 0 Å². The summed E-state index contributed by atoms with van der Waals surface area (Å²) in [5.41, 5.74) is 7.24. The Morgan fingerprint density at radius 1 is 0.973 bits per heavy atom. The van der Waals surface area contributed by atoms with Crippen LogP contribution in [0.15, 0.2) is 64.0 Å². The lowest BCUT2D eigenvalue weighted by Gasteiger charge is -2.36. The van der Waals surface area contributed by atoms with Gasteiger partial charge in [-0.05, 0) is 41.3 Å². The fourth-order valence-electron chi connectivity index (χ4n) is 4.02. The average molecular weight is 568 g/mol. The third kappa shape index (κ3) is 6.22. The Labute approximate surface area is 218 Å². The van der Waals surface area contributed by atoms with Gasteiger partial charge in [-0.25, -0.2) is 4.79 Å². The molecule has 3 aromatic rings. The number of ether oxygens (including phenoxy) is 1. The molecule has 4 N–H and O–H groups in total. The molecule has 14 heteroatoms. The van der Waals surface area contributed by atoms with E-state index in [2.05, 4.69) is 0 Å². The minimum Gasteiger partial charge on any atom is -0.472 e. The molecule has 37 heavy (non-hydrogen) atoms. The van der Waals surface area contributed by atoms with Gasteiger partial charge >= 0.3 is 0 Å². The van der Waals surface area contributed by atoms with Crippen molar-refractivity contribution in [3.63, 3.8) is 0 Å². The second-order valence-electron chi connectivity index (χ2n) is 8.40. The summed E-state index contributed by atoms with van der Waals surface area (Å²) in [5.74, 6) is 1.85. The first-order chi connectivity index (χ1) is 17.3. The summed E-state index contributed by atoms with van der Waals surface area (Å²) in [6, 6.07) is 11.4. The Morgan fingerprint density at radius 2 is 1.59 bits per heavy atom. The molecule has 0 spiro atoms. The van der Waals surface area contributed by atoms with Crippen molar-refractivity contribution in [2.75, 3.05) is 32.1 Å². The van der Waals surface area contributed by atoms with Gasteiger partial charge in [-0.1, -0.05) is 23.7 Å². The molecule has 0 bridgehead atoms. The molecule has 0 unspecified atom stereocenters. The number of rotatable bonds is 7. The van der Waals surface area contributed by atoms with E-state index in [4.69, 9.17) is 22.1 Å². The maximum absolute atomic E-state index is 11.8. The van der Waals surface area contributed by atoms with Crippen molar-refractivity contribution in [2.24, 2.45) is 0 Å². The standard InChI is InChI=1S/C23H22ClN3O8S2/c24-17-3-1-15(2-4-17)11-26-5-6-27(18(12-26)13-28)14-35-22-10-20(37(32,33)34)8-16-7-19(36(29,30)31)9-21(25)23(16)22/h1-4,7-10H,5-6,11-12,14,25H2,(H,29,30,31)(H,32,33,34). The Kier molecular flexibility index (Phi) is 7.49. The van der Waals surface area contributed by atoms with E-state index in [1.54, 1.807) is 17.0 Å². The molecule has 0 amide bonds. The number of halogens is 1. The Hall–Kier alpha value is -3.16. The van der Waals surface area contributed by atoms with Crippen LogP contribution >= 0.6 is 11.6 Å². The predicted molar refractivity (Wildman–Crippen MR) is 136 cm³/mol. The molecule has 1 aliphatic heterocycles. The highest BCUT2D eigenvalue weighted by Gasteiger charge is 2.24. The van der Waals surface area contributed by atoms with Gasteiger partial charge in [0.05, 0.1) is 9.79 Å². The quantitative estimate of drug-likeness (QED) is 0.218. The van der Waals surface area contributed by atoms with E-state index in [0.717, 1.165) is 29.8 Å². The van der Waals surface area contributed by atoms with Crippen LogP contribution in [-0.4, -0.2) is 68.0 Å². The number of fused-ring (bicyclic) bond motifs is 1. The van der Waals surface area contributed by atoms with E-state index in [-0.39, 0.29) is 28.9 Å². The summed E-state index contributed by atoms with van der Waals surface area (Å²) in [7, 11) is -9.35. The fourth-order valence-corrected chi connectivity index (χ4v) is 5.23. The Morgan fingerprint density at radius 3 is 2.19 bits per heavy atom. The molecule has 3 aromatic carbocycles. The number of nitrogens with two attached hydrogens (primary N) is 1. The van der Waals surface area contributed by atoms with Crippen LogP contribution in [0.4, 0.5) is 5.69 Å². The summed E-state index contributed by atoms with van der Waals surface area (Å²) < 4.78 is 71.6. The lowest BCUT2D eigenvalue weighted by atomic mass is 10.1. The van der Waals surface area contributed by atoms with Gasteiger partial charge in [0.25, 0.3) is 20.2 Å². The summed E-state index contributed by atoms with van der Waals surface area (Å²) in [5, 5.41) is 0.786. The first-order valence-corrected chi connectivity index (χ1v) is 14.0. The molecule has 0 radical (unpaired) electrons. The number of benzene rings is 3.